The van der Waals surface area contributed by atoms with E-state index in [-0.39, 0.29) is 23.2 Å². The number of nitrogens with two attached hydrogens (primary N) is 2. The van der Waals surface area contributed by atoms with Crippen LogP contribution < -0.4 is 21.9 Å². The number of thiophene rings is 1. The zero-order valence-electron chi connectivity index (χ0n) is 27.4. The van der Waals surface area contributed by atoms with Crippen molar-refractivity contribution in [1.82, 2.24) is 14.1 Å². The van der Waals surface area contributed by atoms with Gasteiger partial charge in [-0.25, -0.2) is 14.6 Å². The van der Waals surface area contributed by atoms with Gasteiger partial charge in [0.25, 0.3) is 0 Å². The predicted molar refractivity (Wildman–Crippen MR) is 188 cm³/mol. The zero-order chi connectivity index (χ0) is 34.4. The molecule has 3 fully saturated rings. The number of benzene rings is 1. The predicted octanol–water partition coefficient (Wildman–Crippen LogP) is 5.10. The number of fused-ring (bicyclic) bond motifs is 2. The molecule has 0 saturated heterocycles. The maximum Gasteiger partial charge on any atom is 0.331 e. The summed E-state index contributed by atoms with van der Waals surface area (Å²) in [4.78, 5) is 33.1. The Morgan fingerprint density at radius 3 is 2.46 bits per heavy atom. The molecule has 0 spiro atoms. The van der Waals surface area contributed by atoms with E-state index in [0.717, 1.165) is 33.9 Å². The van der Waals surface area contributed by atoms with Gasteiger partial charge >= 0.3 is 11.7 Å². The van der Waals surface area contributed by atoms with Gasteiger partial charge in [-0.15, -0.1) is 22.7 Å². The molecular formula is C34H41N5O6S3. The molecule has 3 aromatic heterocycles. The maximum absolute atomic E-state index is 14.6. The van der Waals surface area contributed by atoms with Crippen LogP contribution in [0.4, 0.5) is 0 Å². The van der Waals surface area contributed by atoms with Gasteiger partial charge in [-0.2, -0.15) is 0 Å². The lowest BCUT2D eigenvalue weighted by Gasteiger charge is -2.32. The highest BCUT2D eigenvalue weighted by atomic mass is 32.1. The number of carboxylic acid groups (broad SMARTS) is 1. The number of aliphatic carboxylic acids is 1. The lowest BCUT2D eigenvalue weighted by Crippen LogP contribution is -2.58. The van der Waals surface area contributed by atoms with E-state index < -0.39 is 40.0 Å². The molecule has 48 heavy (non-hydrogen) atoms. The van der Waals surface area contributed by atoms with Crippen molar-refractivity contribution < 1.29 is 24.5 Å². The number of rotatable bonds is 10. The number of para-hydroxylation sites is 1. The summed E-state index contributed by atoms with van der Waals surface area (Å²) in [5, 5.41) is 25.0. The number of methoxy groups -OCH3 is 1. The quantitative estimate of drug-likeness (QED) is 0.163. The summed E-state index contributed by atoms with van der Waals surface area (Å²) in [7, 11) is 1.58. The molecule has 0 radical (unpaired) electrons. The molecule has 5 atom stereocenters. The van der Waals surface area contributed by atoms with Gasteiger partial charge < -0.3 is 31.2 Å². The Morgan fingerprint density at radius 1 is 1.21 bits per heavy atom. The first-order chi connectivity index (χ1) is 22.6. The minimum atomic E-state index is -1.64. The van der Waals surface area contributed by atoms with Crippen LogP contribution in [-0.2, 0) is 21.6 Å². The minimum Gasteiger partial charge on any atom is -0.496 e. The van der Waals surface area contributed by atoms with E-state index in [4.69, 9.17) is 33.2 Å². The Bertz CT molecular complexity index is 2010. The van der Waals surface area contributed by atoms with Crippen molar-refractivity contribution in [1.29, 1.82) is 0 Å². The first-order valence-corrected chi connectivity index (χ1v) is 18.2. The lowest BCUT2D eigenvalue weighted by atomic mass is 9.85. The summed E-state index contributed by atoms with van der Waals surface area (Å²) in [5.74, 6) is -0.351. The highest BCUT2D eigenvalue weighted by molar-refractivity contribution is 7.71. The normalized spacial score (nSPS) is 27.8. The van der Waals surface area contributed by atoms with Crippen molar-refractivity contribution in [2.24, 2.45) is 17.4 Å². The van der Waals surface area contributed by atoms with E-state index in [9.17, 15) is 19.8 Å². The molecule has 0 aliphatic heterocycles. The van der Waals surface area contributed by atoms with Gasteiger partial charge in [-0.1, -0.05) is 30.4 Å². The van der Waals surface area contributed by atoms with Crippen LogP contribution in [0.1, 0.15) is 69.6 Å². The molecule has 11 nitrogen and oxygen atoms in total. The Morgan fingerprint density at radius 2 is 1.88 bits per heavy atom. The van der Waals surface area contributed by atoms with Gasteiger partial charge in [0, 0.05) is 33.6 Å². The number of nitrogens with zero attached hydrogens (tertiary/aromatic N) is 3. The first kappa shape index (κ1) is 33.5. The van der Waals surface area contributed by atoms with Gasteiger partial charge in [0.05, 0.1) is 30.2 Å². The van der Waals surface area contributed by atoms with E-state index in [0.29, 0.717) is 41.6 Å². The summed E-state index contributed by atoms with van der Waals surface area (Å²) in [6.07, 6.45) is 4.42. The van der Waals surface area contributed by atoms with Crippen LogP contribution in [-0.4, -0.2) is 60.2 Å². The molecule has 4 aromatic rings. The summed E-state index contributed by atoms with van der Waals surface area (Å²) >= 11 is 8.77. The van der Waals surface area contributed by atoms with Crippen molar-refractivity contribution in [3.8, 4) is 15.6 Å². The molecule has 0 bridgehead atoms. The van der Waals surface area contributed by atoms with Crippen LogP contribution in [0.3, 0.4) is 0 Å². The number of hydrogen-bond acceptors (Lipinski definition) is 11. The third kappa shape index (κ3) is 5.19. The van der Waals surface area contributed by atoms with Crippen LogP contribution in [0.2, 0.25) is 0 Å². The number of hydrogen-bond donors (Lipinski definition) is 4. The monoisotopic (exact) mass is 711 g/mol. The van der Waals surface area contributed by atoms with Gasteiger partial charge in [0.1, 0.15) is 31.9 Å². The van der Waals surface area contributed by atoms with Gasteiger partial charge in [0.15, 0.2) is 0 Å². The summed E-state index contributed by atoms with van der Waals surface area (Å²) < 4.78 is 15.6. The van der Waals surface area contributed by atoms with Crippen LogP contribution >= 0.6 is 34.9 Å². The van der Waals surface area contributed by atoms with Gasteiger partial charge in [-0.05, 0) is 76.8 Å². The summed E-state index contributed by atoms with van der Waals surface area (Å²) in [6.45, 7) is 4.91. The molecular weight excluding hydrogens is 671 g/mol. The molecule has 3 aliphatic rings. The number of aromatic nitrogens is 3. The fourth-order valence-electron chi connectivity index (χ4n) is 8.13. The Labute approximate surface area is 291 Å². The smallest absolute Gasteiger partial charge is 0.331 e. The van der Waals surface area contributed by atoms with E-state index in [1.807, 2.05) is 36.6 Å². The van der Waals surface area contributed by atoms with E-state index in [1.54, 1.807) is 17.9 Å². The third-order valence-electron chi connectivity index (χ3n) is 10.9. The van der Waals surface area contributed by atoms with Crippen LogP contribution in [0, 0.1) is 17.5 Å². The highest BCUT2D eigenvalue weighted by Gasteiger charge is 2.67. The molecule has 14 heteroatoms. The molecule has 1 aromatic carbocycles. The van der Waals surface area contributed by atoms with E-state index in [1.165, 1.54) is 41.1 Å². The van der Waals surface area contributed by atoms with E-state index >= 15 is 0 Å². The van der Waals surface area contributed by atoms with Crippen molar-refractivity contribution in [3.05, 3.63) is 62.1 Å². The van der Waals surface area contributed by atoms with Crippen molar-refractivity contribution in [2.75, 3.05) is 7.11 Å². The largest absolute Gasteiger partial charge is 0.496 e. The number of aryl methyl sites for hydroxylation is 1. The molecule has 7 rings (SSSR count). The Hall–Kier alpha value is -2.98. The molecule has 6 N–H and O–H groups in total. The fourth-order valence-corrected chi connectivity index (χ4v) is 10.9. The molecule has 256 valence electrons. The summed E-state index contributed by atoms with van der Waals surface area (Å²) in [6, 6.07) is 7.50. The minimum absolute atomic E-state index is 0.0376. The molecule has 2 unspecified atom stereocenters. The van der Waals surface area contributed by atoms with Gasteiger partial charge in [0.2, 0.25) is 0 Å². The average Bonchev–Trinajstić information content (AvgIpc) is 3.49. The second kappa shape index (κ2) is 11.5. The fraction of sp³-hybridized carbons (Fsp3) is 0.529. The number of carbonyl (C=O) groups is 1. The van der Waals surface area contributed by atoms with E-state index in [2.05, 4.69) is 4.98 Å². The van der Waals surface area contributed by atoms with Crippen LogP contribution in [0.25, 0.3) is 20.1 Å². The molecule has 3 heterocycles. The van der Waals surface area contributed by atoms with Crippen molar-refractivity contribution >= 4 is 51.1 Å². The van der Waals surface area contributed by atoms with Gasteiger partial charge in [-0.3, -0.25) is 9.13 Å². The number of thiazole rings is 1. The lowest BCUT2D eigenvalue weighted by molar-refractivity contribution is -0.146. The highest BCUT2D eigenvalue weighted by Crippen LogP contribution is 2.59. The second-order valence-corrected chi connectivity index (χ2v) is 16.7. The molecule has 0 amide bonds. The number of aliphatic hydroxyl groups is 1. The first-order valence-electron chi connectivity index (χ1n) is 16.1. The molecule has 3 aliphatic carbocycles. The Kier molecular flexibility index (Phi) is 8.06. The number of ether oxygens (including phenoxy) is 2. The standard InChI is InChI=1S/C34H41N5O6S3/c1-18-24-27(46)39(31(2,3)29(40)41)30(42)38(28(24)48-25(18)26-37-11-12-47-26)15-23(21-7-5-6-8-22(21)44-4)45-20-13-33(35)16-32(43,19-9-10-19)17-34(33,36)14-20/h5-8,11-12,19-20,23,43H,9-10,13-17,35-36H2,1-4H3,(H,40,41)/t20-,23?,32?,33+,34-. The third-order valence-corrected chi connectivity index (χ3v) is 13.5. The zero-order valence-corrected chi connectivity index (χ0v) is 29.8. The van der Waals surface area contributed by atoms with Crippen LogP contribution in [0.5, 0.6) is 5.75 Å². The van der Waals surface area contributed by atoms with Crippen molar-refractivity contribution in [2.45, 2.75) is 100 Å². The second-order valence-electron chi connectivity index (χ2n) is 14.4. The van der Waals surface area contributed by atoms with Crippen molar-refractivity contribution in [3.63, 3.8) is 0 Å². The SMILES string of the molecule is COc1ccccc1C(Cn1c(=O)n(C(C)(C)C(=O)O)c(=S)c2c(C)c(-c3nccs3)sc21)O[C@H]1C[C@@]2(N)CC(O)(C3CC3)C[C@@]2(N)C1. The maximum atomic E-state index is 14.6. The number of carboxylic acids is 1. The average molecular weight is 712 g/mol. The Balaban J connectivity index is 1.35. The topological polar surface area (TPSA) is 168 Å². The van der Waals surface area contributed by atoms with Crippen LogP contribution in [0.15, 0.2) is 40.6 Å². The summed E-state index contributed by atoms with van der Waals surface area (Å²) in [5.41, 5.74) is 10.9. The molecule has 3 saturated carbocycles.